The molecule has 3 N–H and O–H groups in total. The molecule has 2 aliphatic carbocycles. The Hall–Kier alpha value is -2.62. The molecule has 0 aromatic heterocycles. The molecular formula is C21H18O3. The Labute approximate surface area is 140 Å². The average Bonchev–Trinajstić information content (AvgIpc) is 3.22. The van der Waals surface area contributed by atoms with Crippen LogP contribution in [0.2, 0.25) is 0 Å². The van der Waals surface area contributed by atoms with E-state index in [1.165, 1.54) is 11.1 Å². The van der Waals surface area contributed by atoms with Crippen molar-refractivity contribution in [1.82, 2.24) is 0 Å². The highest BCUT2D eigenvalue weighted by molar-refractivity contribution is 5.87. The van der Waals surface area contributed by atoms with E-state index in [9.17, 15) is 15.3 Å². The van der Waals surface area contributed by atoms with Crippen LogP contribution in [0.5, 0.6) is 5.75 Å². The van der Waals surface area contributed by atoms with Gasteiger partial charge in [-0.25, -0.2) is 0 Å². The first-order valence-electron chi connectivity index (χ1n) is 7.99. The van der Waals surface area contributed by atoms with E-state index in [4.69, 9.17) is 0 Å². The summed E-state index contributed by atoms with van der Waals surface area (Å²) < 4.78 is 0. The Morgan fingerprint density at radius 2 is 1.54 bits per heavy atom. The third-order valence-corrected chi connectivity index (χ3v) is 4.73. The van der Waals surface area contributed by atoms with E-state index < -0.39 is 6.29 Å². The van der Waals surface area contributed by atoms with E-state index in [1.807, 2.05) is 36.4 Å². The van der Waals surface area contributed by atoms with Gasteiger partial charge in [0.25, 0.3) is 0 Å². The summed E-state index contributed by atoms with van der Waals surface area (Å²) in [6, 6.07) is 13.4. The number of hydrogen-bond acceptors (Lipinski definition) is 3. The topological polar surface area (TPSA) is 60.7 Å². The van der Waals surface area contributed by atoms with Crippen molar-refractivity contribution in [2.75, 3.05) is 0 Å². The summed E-state index contributed by atoms with van der Waals surface area (Å²) in [4.78, 5) is 0. The van der Waals surface area contributed by atoms with Crippen molar-refractivity contribution in [1.29, 1.82) is 0 Å². The lowest BCUT2D eigenvalue weighted by Gasteiger charge is -2.14. The van der Waals surface area contributed by atoms with Crippen LogP contribution in [0.1, 0.15) is 34.6 Å². The lowest BCUT2D eigenvalue weighted by atomic mass is 9.94. The summed E-state index contributed by atoms with van der Waals surface area (Å²) in [7, 11) is 0. The zero-order valence-corrected chi connectivity index (χ0v) is 13.1. The van der Waals surface area contributed by atoms with Crippen LogP contribution < -0.4 is 0 Å². The smallest absolute Gasteiger partial charge is 0.161 e. The lowest BCUT2D eigenvalue weighted by Crippen LogP contribution is -2.14. The van der Waals surface area contributed by atoms with Crippen LogP contribution in [0.25, 0.3) is 17.2 Å². The molecule has 1 atom stereocenters. The standard InChI is InChI=1S/C21H18O3/c22-18-7-3-13(4-8-18)14-1-2-15(11-14)16-5-9-19-17(12-16)6-10-20(19)21(23)24/h1-10,12,20-24H,11H2. The van der Waals surface area contributed by atoms with Crippen LogP contribution in [-0.2, 0) is 0 Å². The molecule has 4 rings (SSSR count). The molecule has 0 bridgehead atoms. The number of hydrogen-bond donors (Lipinski definition) is 3. The van der Waals surface area contributed by atoms with Crippen molar-refractivity contribution in [3.8, 4) is 5.75 Å². The van der Waals surface area contributed by atoms with Crippen molar-refractivity contribution in [2.24, 2.45) is 0 Å². The number of aliphatic hydroxyl groups is 2. The van der Waals surface area contributed by atoms with Crippen molar-refractivity contribution in [3.63, 3.8) is 0 Å². The maximum Gasteiger partial charge on any atom is 0.161 e. The summed E-state index contributed by atoms with van der Waals surface area (Å²) in [6.07, 6.45) is 7.52. The Morgan fingerprint density at radius 1 is 0.875 bits per heavy atom. The van der Waals surface area contributed by atoms with Gasteiger partial charge >= 0.3 is 0 Å². The highest BCUT2D eigenvalue weighted by Gasteiger charge is 2.23. The molecule has 0 fully saturated rings. The molecule has 0 radical (unpaired) electrons. The maximum atomic E-state index is 9.43. The minimum Gasteiger partial charge on any atom is -0.508 e. The molecule has 24 heavy (non-hydrogen) atoms. The number of aromatic hydroxyl groups is 1. The molecule has 0 spiro atoms. The van der Waals surface area contributed by atoms with Crippen molar-refractivity contribution in [2.45, 2.75) is 18.6 Å². The van der Waals surface area contributed by atoms with E-state index in [0.29, 0.717) is 0 Å². The number of benzene rings is 2. The van der Waals surface area contributed by atoms with E-state index in [-0.39, 0.29) is 11.7 Å². The molecule has 1 unspecified atom stereocenters. The molecule has 2 aliphatic rings. The Bertz CT molecular complexity index is 870. The monoisotopic (exact) mass is 318 g/mol. The molecule has 0 amide bonds. The second kappa shape index (κ2) is 5.78. The molecule has 0 saturated carbocycles. The molecule has 2 aromatic rings. The van der Waals surface area contributed by atoms with Crippen LogP contribution in [-0.4, -0.2) is 21.6 Å². The lowest BCUT2D eigenvalue weighted by molar-refractivity contribution is -0.0490. The number of phenolic OH excluding ortho intramolecular Hbond substituents is 1. The fourth-order valence-electron chi connectivity index (χ4n) is 3.39. The van der Waals surface area contributed by atoms with Crippen LogP contribution in [0.4, 0.5) is 0 Å². The van der Waals surface area contributed by atoms with Crippen LogP contribution in [0, 0.1) is 0 Å². The van der Waals surface area contributed by atoms with Crippen molar-refractivity contribution < 1.29 is 15.3 Å². The summed E-state index contributed by atoms with van der Waals surface area (Å²) in [5, 5.41) is 28.3. The van der Waals surface area contributed by atoms with E-state index >= 15 is 0 Å². The first-order chi connectivity index (χ1) is 11.6. The number of rotatable bonds is 3. The molecule has 0 heterocycles. The second-order valence-corrected chi connectivity index (χ2v) is 6.25. The van der Waals surface area contributed by atoms with Crippen LogP contribution in [0.15, 0.2) is 60.7 Å². The van der Waals surface area contributed by atoms with Gasteiger partial charge in [-0.2, -0.15) is 0 Å². The summed E-state index contributed by atoms with van der Waals surface area (Å²) in [5.41, 5.74) is 6.73. The van der Waals surface area contributed by atoms with E-state index in [1.54, 1.807) is 12.1 Å². The van der Waals surface area contributed by atoms with Gasteiger partial charge in [0, 0.05) is 0 Å². The third-order valence-electron chi connectivity index (χ3n) is 4.73. The second-order valence-electron chi connectivity index (χ2n) is 6.25. The zero-order valence-electron chi connectivity index (χ0n) is 13.1. The molecule has 3 nitrogen and oxygen atoms in total. The quantitative estimate of drug-likeness (QED) is 0.757. The van der Waals surface area contributed by atoms with Gasteiger partial charge in [-0.15, -0.1) is 0 Å². The van der Waals surface area contributed by atoms with Gasteiger partial charge < -0.3 is 15.3 Å². The van der Waals surface area contributed by atoms with Gasteiger partial charge in [0.1, 0.15) is 5.75 Å². The number of aliphatic hydroxyl groups excluding tert-OH is 1. The van der Waals surface area contributed by atoms with Gasteiger partial charge in [0.2, 0.25) is 0 Å². The minimum absolute atomic E-state index is 0.275. The highest BCUT2D eigenvalue weighted by atomic mass is 16.5. The molecule has 120 valence electrons. The van der Waals surface area contributed by atoms with Crippen LogP contribution in [0.3, 0.4) is 0 Å². The first-order valence-corrected chi connectivity index (χ1v) is 7.99. The van der Waals surface area contributed by atoms with E-state index in [2.05, 4.69) is 18.2 Å². The molecule has 0 aliphatic heterocycles. The van der Waals surface area contributed by atoms with E-state index in [0.717, 1.165) is 28.7 Å². The molecular weight excluding hydrogens is 300 g/mol. The Kier molecular flexibility index (Phi) is 3.60. The summed E-state index contributed by atoms with van der Waals surface area (Å²) in [6.45, 7) is 0. The number of allylic oxidation sites excluding steroid dienone is 4. The third kappa shape index (κ3) is 2.58. The highest BCUT2D eigenvalue weighted by Crippen LogP contribution is 2.38. The van der Waals surface area contributed by atoms with Crippen LogP contribution >= 0.6 is 0 Å². The van der Waals surface area contributed by atoms with Crippen molar-refractivity contribution in [3.05, 3.63) is 82.9 Å². The molecule has 3 heteroatoms. The normalized spacial score (nSPS) is 18.7. The Morgan fingerprint density at radius 3 is 2.25 bits per heavy atom. The number of phenols is 1. The maximum absolute atomic E-state index is 9.43. The van der Waals surface area contributed by atoms with Gasteiger partial charge in [0.05, 0.1) is 5.92 Å². The zero-order chi connectivity index (χ0) is 16.7. The number of fused-ring (bicyclic) bond motifs is 1. The van der Waals surface area contributed by atoms with Gasteiger partial charge in [-0.05, 0) is 58.0 Å². The molecule has 2 aromatic carbocycles. The SMILES string of the molecule is Oc1ccc(C2=CC=C(c3ccc4c(c3)C=CC4C(O)O)C2)cc1. The largest absolute Gasteiger partial charge is 0.508 e. The Balaban J connectivity index is 1.55. The predicted molar refractivity (Wildman–Crippen MR) is 95.1 cm³/mol. The van der Waals surface area contributed by atoms with Gasteiger partial charge in [-0.3, -0.25) is 0 Å². The van der Waals surface area contributed by atoms with Gasteiger partial charge in [-0.1, -0.05) is 48.6 Å². The summed E-state index contributed by atoms with van der Waals surface area (Å²) >= 11 is 0. The predicted octanol–water partition coefficient (Wildman–Crippen LogP) is 3.68. The summed E-state index contributed by atoms with van der Waals surface area (Å²) in [5.74, 6) is -0.0612. The fourth-order valence-corrected chi connectivity index (χ4v) is 3.39. The van der Waals surface area contributed by atoms with Gasteiger partial charge in [0.15, 0.2) is 6.29 Å². The minimum atomic E-state index is -1.36. The fraction of sp³-hybridized carbons (Fsp3) is 0.143. The first kappa shape index (κ1) is 14.9. The van der Waals surface area contributed by atoms with Crippen molar-refractivity contribution >= 4 is 17.2 Å². The molecule has 0 saturated heterocycles. The average molecular weight is 318 g/mol.